The van der Waals surface area contributed by atoms with E-state index in [1.54, 1.807) is 0 Å². The van der Waals surface area contributed by atoms with Crippen LogP contribution < -0.4 is 0 Å². The van der Waals surface area contributed by atoms with Gasteiger partial charge in [-0.05, 0) is 81.2 Å². The van der Waals surface area contributed by atoms with Gasteiger partial charge >= 0.3 is 0 Å². The summed E-state index contributed by atoms with van der Waals surface area (Å²) in [6.07, 6.45) is 0. The SMILES string of the molecule is c1ccc(-n2c3ccccc3c3c4c(ccc32)c(-c2ccc(-c3ccc(-c5cc(-c6ccc7ccccc7c6)nc(-c6ccc7ccccc7c6)n5)cc3)cc2)nc2ccccc24)cc1. The number of para-hydroxylation sites is 3. The van der Waals surface area contributed by atoms with Gasteiger partial charge in [0.05, 0.1) is 33.6 Å². The van der Waals surface area contributed by atoms with Crippen molar-refractivity contribution in [3.05, 3.63) is 231 Å². The van der Waals surface area contributed by atoms with E-state index in [2.05, 4.69) is 235 Å². The lowest BCUT2D eigenvalue weighted by Gasteiger charge is -2.13. The van der Waals surface area contributed by atoms with Gasteiger partial charge in [-0.25, -0.2) is 15.0 Å². The van der Waals surface area contributed by atoms with Crippen LogP contribution in [0.5, 0.6) is 0 Å². The first-order valence-corrected chi connectivity index (χ1v) is 22.1. The van der Waals surface area contributed by atoms with Crippen molar-refractivity contribution in [3.8, 4) is 62.0 Å². The molecule has 302 valence electrons. The van der Waals surface area contributed by atoms with Gasteiger partial charge in [0.1, 0.15) is 0 Å². The molecule has 65 heavy (non-hydrogen) atoms. The van der Waals surface area contributed by atoms with Crippen molar-refractivity contribution in [2.75, 3.05) is 0 Å². The predicted octanol–water partition coefficient (Wildman–Crippen LogP) is 15.9. The van der Waals surface area contributed by atoms with E-state index in [1.807, 2.05) is 0 Å². The molecule has 0 unspecified atom stereocenters. The highest BCUT2D eigenvalue weighted by molar-refractivity contribution is 6.29. The second-order valence-corrected chi connectivity index (χ2v) is 16.8. The van der Waals surface area contributed by atoms with Gasteiger partial charge < -0.3 is 4.57 Å². The van der Waals surface area contributed by atoms with Crippen molar-refractivity contribution in [1.82, 2.24) is 19.5 Å². The lowest BCUT2D eigenvalue weighted by molar-refractivity contribution is 1.18. The van der Waals surface area contributed by atoms with E-state index in [1.165, 1.54) is 43.4 Å². The zero-order valence-electron chi connectivity index (χ0n) is 35.2. The molecule has 0 fully saturated rings. The summed E-state index contributed by atoms with van der Waals surface area (Å²) in [5.74, 6) is 0.702. The number of hydrogen-bond donors (Lipinski definition) is 0. The summed E-state index contributed by atoms with van der Waals surface area (Å²) in [6, 6.07) is 82.1. The fraction of sp³-hybridized carbons (Fsp3) is 0. The molecule has 0 amide bonds. The number of benzene rings is 10. The Kier molecular flexibility index (Phi) is 8.50. The van der Waals surface area contributed by atoms with E-state index in [0.717, 1.165) is 77.8 Å². The second kappa shape index (κ2) is 15.0. The Balaban J connectivity index is 0.890. The third-order valence-electron chi connectivity index (χ3n) is 13.0. The molecule has 0 atom stereocenters. The van der Waals surface area contributed by atoms with Crippen LogP contribution in [-0.2, 0) is 0 Å². The minimum atomic E-state index is 0.702. The van der Waals surface area contributed by atoms with Crippen molar-refractivity contribution in [3.63, 3.8) is 0 Å². The van der Waals surface area contributed by atoms with Crippen LogP contribution in [0.15, 0.2) is 231 Å². The number of rotatable bonds is 6. The molecule has 0 saturated heterocycles. The Morgan fingerprint density at radius 2 is 0.831 bits per heavy atom. The average Bonchev–Trinajstić information content (AvgIpc) is 3.73. The maximum atomic E-state index is 5.34. The molecule has 0 aliphatic rings. The molecule has 10 aromatic carbocycles. The first kappa shape index (κ1) is 36.9. The van der Waals surface area contributed by atoms with Gasteiger partial charge in [-0.3, -0.25) is 0 Å². The number of hydrogen-bond acceptors (Lipinski definition) is 3. The van der Waals surface area contributed by atoms with Gasteiger partial charge in [-0.1, -0.05) is 182 Å². The predicted molar refractivity (Wildman–Crippen MR) is 271 cm³/mol. The number of aromatic nitrogens is 4. The van der Waals surface area contributed by atoms with Gasteiger partial charge in [0.2, 0.25) is 0 Å². The monoisotopic (exact) mass is 826 g/mol. The molecule has 0 spiro atoms. The molecule has 3 heterocycles. The van der Waals surface area contributed by atoms with Crippen LogP contribution >= 0.6 is 0 Å². The molecule has 13 rings (SSSR count). The molecule has 0 N–H and O–H groups in total. The van der Waals surface area contributed by atoms with Gasteiger partial charge in [-0.15, -0.1) is 0 Å². The molecule has 0 bridgehead atoms. The molecular weight excluding hydrogens is 789 g/mol. The van der Waals surface area contributed by atoms with Crippen molar-refractivity contribution in [2.24, 2.45) is 0 Å². The Morgan fingerprint density at radius 3 is 1.55 bits per heavy atom. The maximum Gasteiger partial charge on any atom is 0.160 e. The summed E-state index contributed by atoms with van der Waals surface area (Å²) in [5, 5.41) is 10.7. The van der Waals surface area contributed by atoms with E-state index in [0.29, 0.717) is 5.82 Å². The van der Waals surface area contributed by atoms with E-state index in [4.69, 9.17) is 15.0 Å². The maximum absolute atomic E-state index is 5.34. The molecule has 4 heteroatoms. The summed E-state index contributed by atoms with van der Waals surface area (Å²) in [7, 11) is 0. The lowest BCUT2D eigenvalue weighted by atomic mass is 9.95. The van der Waals surface area contributed by atoms with Crippen LogP contribution in [0.4, 0.5) is 0 Å². The molecule has 0 aliphatic carbocycles. The van der Waals surface area contributed by atoms with Crippen LogP contribution in [-0.4, -0.2) is 19.5 Å². The Bertz CT molecular complexity index is 3880. The second-order valence-electron chi connectivity index (χ2n) is 16.8. The summed E-state index contributed by atoms with van der Waals surface area (Å²) in [4.78, 5) is 15.7. The molecule has 13 aromatic rings. The lowest BCUT2D eigenvalue weighted by Crippen LogP contribution is -1.96. The minimum absolute atomic E-state index is 0.702. The normalized spacial score (nSPS) is 11.7. The van der Waals surface area contributed by atoms with Crippen LogP contribution in [0, 0.1) is 0 Å². The number of nitrogens with zero attached hydrogens (tertiary/aromatic N) is 4. The topological polar surface area (TPSA) is 43.6 Å². The van der Waals surface area contributed by atoms with Crippen molar-refractivity contribution < 1.29 is 0 Å². The van der Waals surface area contributed by atoms with E-state index >= 15 is 0 Å². The zero-order chi connectivity index (χ0) is 42.8. The highest BCUT2D eigenvalue weighted by Crippen LogP contribution is 2.43. The minimum Gasteiger partial charge on any atom is -0.309 e. The number of pyridine rings is 1. The molecule has 4 nitrogen and oxygen atoms in total. The molecule has 0 radical (unpaired) electrons. The van der Waals surface area contributed by atoms with Gasteiger partial charge in [0.15, 0.2) is 5.82 Å². The largest absolute Gasteiger partial charge is 0.309 e. The summed E-state index contributed by atoms with van der Waals surface area (Å²) < 4.78 is 2.39. The Hall–Kier alpha value is -8.73. The van der Waals surface area contributed by atoms with Crippen molar-refractivity contribution in [2.45, 2.75) is 0 Å². The first-order valence-electron chi connectivity index (χ1n) is 22.1. The smallest absolute Gasteiger partial charge is 0.160 e. The molecular formula is C61H38N4. The summed E-state index contributed by atoms with van der Waals surface area (Å²) in [5.41, 5.74) is 13.7. The van der Waals surface area contributed by atoms with Crippen LogP contribution in [0.2, 0.25) is 0 Å². The highest BCUT2D eigenvalue weighted by atomic mass is 15.0. The fourth-order valence-electron chi connectivity index (χ4n) is 9.78. The van der Waals surface area contributed by atoms with E-state index in [9.17, 15) is 0 Å². The quantitative estimate of drug-likeness (QED) is 0.157. The van der Waals surface area contributed by atoms with Crippen LogP contribution in [0.1, 0.15) is 0 Å². The van der Waals surface area contributed by atoms with Gasteiger partial charge in [0.25, 0.3) is 0 Å². The molecule has 0 aliphatic heterocycles. The van der Waals surface area contributed by atoms with E-state index < -0.39 is 0 Å². The Labute approximate surface area is 375 Å². The third kappa shape index (κ3) is 6.26. The van der Waals surface area contributed by atoms with E-state index in [-0.39, 0.29) is 0 Å². The standard InChI is InChI=1S/C61H38N4/c1-2-16-49(17-3-1)65-56-21-11-9-19-51(56)59-57(65)35-34-52-58(59)50-18-8-10-20-53(50)62-60(52)44-30-24-42(25-31-44)41-22-28-43(29-23-41)54-38-55(47-32-26-39-12-4-6-14-45(39)36-47)64-61(63-54)48-33-27-40-13-5-7-15-46(40)37-48/h1-38H. The zero-order valence-corrected chi connectivity index (χ0v) is 35.2. The fourth-order valence-corrected chi connectivity index (χ4v) is 9.78. The van der Waals surface area contributed by atoms with Crippen LogP contribution in [0.3, 0.4) is 0 Å². The summed E-state index contributed by atoms with van der Waals surface area (Å²) in [6.45, 7) is 0. The van der Waals surface area contributed by atoms with Crippen LogP contribution in [0.25, 0.3) is 127 Å². The molecule has 3 aromatic heterocycles. The Morgan fingerprint density at radius 1 is 0.292 bits per heavy atom. The first-order chi connectivity index (χ1) is 32.2. The third-order valence-corrected chi connectivity index (χ3v) is 13.0. The average molecular weight is 827 g/mol. The van der Waals surface area contributed by atoms with Gasteiger partial charge in [0, 0.05) is 54.9 Å². The molecule has 0 saturated carbocycles. The highest BCUT2D eigenvalue weighted by Gasteiger charge is 2.20. The number of fused-ring (bicyclic) bond motifs is 9. The van der Waals surface area contributed by atoms with Gasteiger partial charge in [-0.2, -0.15) is 0 Å². The van der Waals surface area contributed by atoms with Crippen molar-refractivity contribution in [1.29, 1.82) is 0 Å². The van der Waals surface area contributed by atoms with Crippen molar-refractivity contribution >= 4 is 65.0 Å². The summed E-state index contributed by atoms with van der Waals surface area (Å²) >= 11 is 0.